The van der Waals surface area contributed by atoms with Crippen LogP contribution in [0.3, 0.4) is 0 Å². The monoisotopic (exact) mass is 86.1 g/mol. The SMILES string of the molecule is [CH2]CNC(=N)N. The summed E-state index contributed by atoms with van der Waals surface area (Å²) in [4.78, 5) is 0. The Labute approximate surface area is 37.0 Å². The first-order chi connectivity index (χ1) is 2.77. The topological polar surface area (TPSA) is 61.9 Å². The van der Waals surface area contributed by atoms with Gasteiger partial charge in [-0.2, -0.15) is 0 Å². The molecule has 1 radical (unpaired) electrons. The zero-order valence-corrected chi connectivity index (χ0v) is 3.49. The van der Waals surface area contributed by atoms with Crippen molar-refractivity contribution in [3.63, 3.8) is 0 Å². The molecule has 0 aliphatic rings. The van der Waals surface area contributed by atoms with E-state index in [-0.39, 0.29) is 5.96 Å². The van der Waals surface area contributed by atoms with Crippen LogP contribution >= 0.6 is 0 Å². The van der Waals surface area contributed by atoms with Gasteiger partial charge in [-0.25, -0.2) is 0 Å². The summed E-state index contributed by atoms with van der Waals surface area (Å²) in [6, 6.07) is 0. The van der Waals surface area contributed by atoms with Gasteiger partial charge in [0.15, 0.2) is 5.96 Å². The first-order valence-electron chi connectivity index (χ1n) is 1.64. The predicted octanol–water partition coefficient (Wildman–Crippen LogP) is -0.696. The summed E-state index contributed by atoms with van der Waals surface area (Å²) in [6.07, 6.45) is 0. The maximum atomic E-state index is 6.52. The summed E-state index contributed by atoms with van der Waals surface area (Å²) in [5.74, 6) is -0.0231. The van der Waals surface area contributed by atoms with Crippen molar-refractivity contribution in [3.05, 3.63) is 6.92 Å². The molecule has 0 aromatic rings. The van der Waals surface area contributed by atoms with Crippen molar-refractivity contribution in [2.75, 3.05) is 6.54 Å². The standard InChI is InChI=1S/C3H8N3/c1-2-6-3(4)5/h1-2H2,(H4,4,5,6). The van der Waals surface area contributed by atoms with Gasteiger partial charge in [0, 0.05) is 6.54 Å². The van der Waals surface area contributed by atoms with Crippen molar-refractivity contribution in [2.45, 2.75) is 0 Å². The van der Waals surface area contributed by atoms with E-state index in [1.807, 2.05) is 0 Å². The van der Waals surface area contributed by atoms with Crippen LogP contribution in [0.25, 0.3) is 0 Å². The Balaban J connectivity index is 2.83. The second-order valence-corrected chi connectivity index (χ2v) is 0.840. The number of hydrogen-bond donors (Lipinski definition) is 3. The van der Waals surface area contributed by atoms with E-state index in [1.54, 1.807) is 0 Å². The Bertz CT molecular complexity index is 50.0. The highest BCUT2D eigenvalue weighted by molar-refractivity contribution is 5.74. The molecular formula is C3H8N3. The highest BCUT2D eigenvalue weighted by Gasteiger charge is 1.73. The molecule has 0 aliphatic carbocycles. The van der Waals surface area contributed by atoms with Crippen molar-refractivity contribution in [1.29, 1.82) is 5.41 Å². The van der Waals surface area contributed by atoms with Crippen LogP contribution in [-0.2, 0) is 0 Å². The summed E-state index contributed by atoms with van der Waals surface area (Å²) in [6.45, 7) is 3.88. The molecule has 0 aromatic heterocycles. The molecular weight excluding hydrogens is 78.1 g/mol. The molecule has 0 amide bonds. The lowest BCUT2D eigenvalue weighted by Crippen LogP contribution is -2.29. The molecule has 0 aliphatic heterocycles. The van der Waals surface area contributed by atoms with E-state index in [1.165, 1.54) is 0 Å². The van der Waals surface area contributed by atoms with Gasteiger partial charge in [-0.05, 0) is 6.92 Å². The van der Waals surface area contributed by atoms with Crippen molar-refractivity contribution in [2.24, 2.45) is 5.73 Å². The summed E-state index contributed by atoms with van der Waals surface area (Å²) in [7, 11) is 0. The van der Waals surface area contributed by atoms with Gasteiger partial charge >= 0.3 is 0 Å². The molecule has 3 heteroatoms. The summed E-state index contributed by atoms with van der Waals surface area (Å²) >= 11 is 0. The van der Waals surface area contributed by atoms with Crippen LogP contribution in [0.1, 0.15) is 0 Å². The van der Waals surface area contributed by atoms with E-state index in [9.17, 15) is 0 Å². The first-order valence-corrected chi connectivity index (χ1v) is 1.64. The number of nitrogens with one attached hydrogen (secondary N) is 2. The molecule has 0 aromatic carbocycles. The molecule has 0 rings (SSSR count). The average Bonchev–Trinajstić information content (AvgIpc) is 1.35. The lowest BCUT2D eigenvalue weighted by atomic mass is 10.7. The third-order valence-corrected chi connectivity index (χ3v) is 0.315. The van der Waals surface area contributed by atoms with Crippen LogP contribution in [0.5, 0.6) is 0 Å². The molecule has 4 N–H and O–H groups in total. The number of nitrogens with two attached hydrogens (primary N) is 1. The molecule has 35 valence electrons. The fourth-order valence-electron chi connectivity index (χ4n) is 0.135. The maximum absolute atomic E-state index is 6.52. The van der Waals surface area contributed by atoms with Crippen molar-refractivity contribution < 1.29 is 0 Å². The lowest BCUT2D eigenvalue weighted by Gasteiger charge is -1.92. The van der Waals surface area contributed by atoms with Crippen LogP contribution in [0.15, 0.2) is 0 Å². The fourth-order valence-corrected chi connectivity index (χ4v) is 0.135. The molecule has 0 saturated heterocycles. The molecule has 0 unspecified atom stereocenters. The lowest BCUT2D eigenvalue weighted by molar-refractivity contribution is 1.01. The van der Waals surface area contributed by atoms with Crippen molar-refractivity contribution in [1.82, 2.24) is 5.32 Å². The first kappa shape index (κ1) is 5.27. The van der Waals surface area contributed by atoms with Gasteiger partial charge in [-0.1, -0.05) is 0 Å². The quantitative estimate of drug-likeness (QED) is 0.292. The fraction of sp³-hybridized carbons (Fsp3) is 0.333. The van der Waals surface area contributed by atoms with Gasteiger partial charge in [-0.3, -0.25) is 5.41 Å². The number of hydrogen-bond acceptors (Lipinski definition) is 1. The Morgan fingerprint density at radius 1 is 2.00 bits per heavy atom. The van der Waals surface area contributed by atoms with Gasteiger partial charge in [0.1, 0.15) is 0 Å². The van der Waals surface area contributed by atoms with Gasteiger partial charge < -0.3 is 11.1 Å². The zero-order chi connectivity index (χ0) is 4.99. The van der Waals surface area contributed by atoms with Crippen LogP contribution < -0.4 is 11.1 Å². The van der Waals surface area contributed by atoms with Crippen molar-refractivity contribution in [3.8, 4) is 0 Å². The third kappa shape index (κ3) is 3.27. The summed E-state index contributed by atoms with van der Waals surface area (Å²) in [5, 5.41) is 8.98. The van der Waals surface area contributed by atoms with Crippen LogP contribution in [0.4, 0.5) is 0 Å². The largest absolute Gasteiger partial charge is 0.370 e. The number of rotatable bonds is 1. The Kier molecular flexibility index (Phi) is 2.20. The minimum Gasteiger partial charge on any atom is -0.370 e. The maximum Gasteiger partial charge on any atom is 0.185 e. The van der Waals surface area contributed by atoms with E-state index in [2.05, 4.69) is 12.2 Å². The normalized spacial score (nSPS) is 7.50. The Hall–Kier alpha value is -0.730. The van der Waals surface area contributed by atoms with E-state index < -0.39 is 0 Å². The number of guanidine groups is 1. The van der Waals surface area contributed by atoms with E-state index in [0.29, 0.717) is 6.54 Å². The Morgan fingerprint density at radius 3 is 2.50 bits per heavy atom. The van der Waals surface area contributed by atoms with Crippen molar-refractivity contribution >= 4 is 5.96 Å². The molecule has 0 atom stereocenters. The molecule has 0 spiro atoms. The predicted molar refractivity (Wildman–Crippen MR) is 25.3 cm³/mol. The molecule has 0 heterocycles. The average molecular weight is 86.1 g/mol. The second-order valence-electron chi connectivity index (χ2n) is 0.840. The second kappa shape index (κ2) is 2.50. The third-order valence-electron chi connectivity index (χ3n) is 0.315. The Morgan fingerprint density at radius 2 is 2.50 bits per heavy atom. The molecule has 0 saturated carbocycles. The minimum absolute atomic E-state index is 0.0231. The van der Waals surface area contributed by atoms with Gasteiger partial charge in [0.05, 0.1) is 0 Å². The van der Waals surface area contributed by atoms with E-state index in [4.69, 9.17) is 11.1 Å². The molecule has 0 fully saturated rings. The molecule has 6 heavy (non-hydrogen) atoms. The van der Waals surface area contributed by atoms with Gasteiger partial charge in [0.25, 0.3) is 0 Å². The van der Waals surface area contributed by atoms with Crippen LogP contribution in [0.2, 0.25) is 0 Å². The van der Waals surface area contributed by atoms with E-state index in [0.717, 1.165) is 0 Å². The minimum atomic E-state index is -0.0231. The van der Waals surface area contributed by atoms with Crippen LogP contribution in [0, 0.1) is 12.3 Å². The van der Waals surface area contributed by atoms with Gasteiger partial charge in [-0.15, -0.1) is 0 Å². The smallest absolute Gasteiger partial charge is 0.185 e. The molecule has 3 nitrogen and oxygen atoms in total. The highest BCUT2D eigenvalue weighted by Crippen LogP contribution is 1.45. The van der Waals surface area contributed by atoms with Gasteiger partial charge in [0.2, 0.25) is 0 Å². The van der Waals surface area contributed by atoms with Crippen LogP contribution in [-0.4, -0.2) is 12.5 Å². The van der Waals surface area contributed by atoms with E-state index >= 15 is 0 Å². The zero-order valence-electron chi connectivity index (χ0n) is 3.49. The highest BCUT2D eigenvalue weighted by atomic mass is 15.0. The summed E-state index contributed by atoms with van der Waals surface area (Å²) < 4.78 is 0. The molecule has 0 bridgehead atoms. The summed E-state index contributed by atoms with van der Waals surface area (Å²) in [5.41, 5.74) is 4.84.